The molecule has 5 heteroatoms. The van der Waals surface area contributed by atoms with Gasteiger partial charge in [0, 0.05) is 5.69 Å². The van der Waals surface area contributed by atoms with Crippen LogP contribution in [-0.2, 0) is 0 Å². The molecule has 0 fully saturated rings. The van der Waals surface area contributed by atoms with Crippen LogP contribution >= 0.6 is 0 Å². The topological polar surface area (TPSA) is 45.0 Å². The van der Waals surface area contributed by atoms with E-state index in [1.165, 1.54) is 12.1 Å². The first-order valence-electron chi connectivity index (χ1n) is 6.36. The van der Waals surface area contributed by atoms with Gasteiger partial charge in [0.15, 0.2) is 0 Å². The highest BCUT2D eigenvalue weighted by atomic mass is 19.3. The van der Waals surface area contributed by atoms with Gasteiger partial charge in [-0.25, -0.2) is 0 Å². The van der Waals surface area contributed by atoms with Gasteiger partial charge in [-0.2, -0.15) is 14.0 Å². The van der Waals surface area contributed by atoms with Gasteiger partial charge in [-0.3, -0.25) is 0 Å². The van der Waals surface area contributed by atoms with Crippen molar-refractivity contribution in [2.75, 3.05) is 5.32 Å². The Morgan fingerprint density at radius 1 is 1.10 bits per heavy atom. The molecule has 0 aliphatic carbocycles. The number of rotatable bonds is 5. The Kier molecular flexibility index (Phi) is 4.72. The second kappa shape index (κ2) is 6.71. The molecule has 0 bridgehead atoms. The third-order valence-corrected chi connectivity index (χ3v) is 3.01. The van der Waals surface area contributed by atoms with Crippen molar-refractivity contribution >= 4 is 5.69 Å². The van der Waals surface area contributed by atoms with E-state index in [9.17, 15) is 14.0 Å². The smallest absolute Gasteiger partial charge is 0.387 e. The van der Waals surface area contributed by atoms with Crippen LogP contribution in [0.2, 0.25) is 0 Å². The second-order valence-corrected chi connectivity index (χ2v) is 4.47. The fraction of sp³-hybridized carbons (Fsp3) is 0.188. The molecule has 1 atom stereocenters. The van der Waals surface area contributed by atoms with E-state index in [2.05, 4.69) is 16.1 Å². The molecule has 0 radical (unpaired) electrons. The zero-order valence-electron chi connectivity index (χ0n) is 11.4. The molecular weight excluding hydrogens is 274 g/mol. The summed E-state index contributed by atoms with van der Waals surface area (Å²) >= 11 is 0. The molecule has 0 heterocycles. The molecule has 0 aliphatic heterocycles. The summed E-state index contributed by atoms with van der Waals surface area (Å²) in [4.78, 5) is 0. The summed E-state index contributed by atoms with van der Waals surface area (Å²) in [5.41, 5.74) is 2.56. The van der Waals surface area contributed by atoms with Crippen molar-refractivity contribution in [3.8, 4) is 11.8 Å². The zero-order chi connectivity index (χ0) is 15.2. The van der Waals surface area contributed by atoms with Gasteiger partial charge in [-0.1, -0.05) is 30.3 Å². The predicted molar refractivity (Wildman–Crippen MR) is 76.2 cm³/mol. The van der Waals surface area contributed by atoms with Crippen LogP contribution in [0, 0.1) is 18.3 Å². The number of aryl methyl sites for hydroxylation is 1. The number of para-hydroxylation sites is 1. The molecule has 21 heavy (non-hydrogen) atoms. The van der Waals surface area contributed by atoms with E-state index >= 15 is 0 Å². The number of halogens is 2. The zero-order valence-corrected chi connectivity index (χ0v) is 11.4. The van der Waals surface area contributed by atoms with Gasteiger partial charge in [-0.05, 0) is 36.2 Å². The summed E-state index contributed by atoms with van der Waals surface area (Å²) in [5, 5.41) is 12.4. The third-order valence-electron chi connectivity index (χ3n) is 3.01. The van der Waals surface area contributed by atoms with Gasteiger partial charge < -0.3 is 10.1 Å². The first-order valence-corrected chi connectivity index (χ1v) is 6.36. The number of hydrogen-bond donors (Lipinski definition) is 1. The predicted octanol–water partition coefficient (Wildman–Crippen LogP) is 4.27. The number of nitriles is 1. The van der Waals surface area contributed by atoms with E-state index in [1.54, 1.807) is 12.1 Å². The third kappa shape index (κ3) is 3.93. The number of hydrogen-bond acceptors (Lipinski definition) is 3. The van der Waals surface area contributed by atoms with Gasteiger partial charge in [0.05, 0.1) is 6.07 Å². The molecule has 0 saturated heterocycles. The molecule has 0 spiro atoms. The van der Waals surface area contributed by atoms with Crippen molar-refractivity contribution in [1.82, 2.24) is 0 Å². The number of ether oxygens (including phenoxy) is 1. The Hall–Kier alpha value is -2.61. The van der Waals surface area contributed by atoms with Crippen LogP contribution in [0.4, 0.5) is 14.5 Å². The van der Waals surface area contributed by atoms with Crippen molar-refractivity contribution in [3.63, 3.8) is 0 Å². The van der Waals surface area contributed by atoms with Gasteiger partial charge in [0.25, 0.3) is 0 Å². The number of benzene rings is 2. The van der Waals surface area contributed by atoms with Gasteiger partial charge >= 0.3 is 6.61 Å². The molecule has 3 nitrogen and oxygen atoms in total. The fourth-order valence-electron chi connectivity index (χ4n) is 1.92. The second-order valence-electron chi connectivity index (χ2n) is 4.47. The summed E-state index contributed by atoms with van der Waals surface area (Å²) in [5.74, 6) is 0.0707. The van der Waals surface area contributed by atoms with E-state index in [4.69, 9.17) is 0 Å². The minimum absolute atomic E-state index is 0.0707. The van der Waals surface area contributed by atoms with Crippen LogP contribution in [0.5, 0.6) is 5.75 Å². The highest BCUT2D eigenvalue weighted by molar-refractivity contribution is 5.53. The van der Waals surface area contributed by atoms with Crippen LogP contribution in [0.3, 0.4) is 0 Å². The minimum Gasteiger partial charge on any atom is -0.435 e. The normalized spacial score (nSPS) is 11.8. The molecule has 108 valence electrons. The van der Waals surface area contributed by atoms with E-state index in [1.807, 2.05) is 31.2 Å². The standard InChI is InChI=1S/C16H14F2N2O/c1-11-4-2-3-5-14(11)20-15(10-19)12-6-8-13(9-7-12)21-16(17)18/h2-9,15-16,20H,1H3. The lowest BCUT2D eigenvalue weighted by Crippen LogP contribution is -2.09. The van der Waals surface area contributed by atoms with Gasteiger partial charge in [0.1, 0.15) is 11.8 Å². The quantitative estimate of drug-likeness (QED) is 0.893. The van der Waals surface area contributed by atoms with Crippen LogP contribution in [-0.4, -0.2) is 6.61 Å². The first-order chi connectivity index (χ1) is 10.1. The Morgan fingerprint density at radius 2 is 1.76 bits per heavy atom. The lowest BCUT2D eigenvalue weighted by molar-refractivity contribution is -0.0498. The molecule has 0 aromatic heterocycles. The molecule has 2 rings (SSSR count). The van der Waals surface area contributed by atoms with E-state index in [0.717, 1.165) is 11.3 Å². The molecule has 2 aromatic rings. The SMILES string of the molecule is Cc1ccccc1NC(C#N)c1ccc(OC(F)F)cc1. The summed E-state index contributed by atoms with van der Waals surface area (Å²) in [6.45, 7) is -0.913. The van der Waals surface area contributed by atoms with Crippen LogP contribution in [0.1, 0.15) is 17.2 Å². The van der Waals surface area contributed by atoms with Crippen molar-refractivity contribution in [3.05, 3.63) is 59.7 Å². The van der Waals surface area contributed by atoms with Crippen LogP contribution in [0.25, 0.3) is 0 Å². The largest absolute Gasteiger partial charge is 0.435 e. The Labute approximate surface area is 121 Å². The van der Waals surface area contributed by atoms with E-state index in [-0.39, 0.29) is 5.75 Å². The average Bonchev–Trinajstić information content (AvgIpc) is 2.47. The highest BCUT2D eigenvalue weighted by Crippen LogP contribution is 2.24. The van der Waals surface area contributed by atoms with Gasteiger partial charge in [0.2, 0.25) is 0 Å². The number of nitrogens with zero attached hydrogens (tertiary/aromatic N) is 1. The van der Waals surface area contributed by atoms with Crippen LogP contribution in [0.15, 0.2) is 48.5 Å². The Bertz CT molecular complexity index is 635. The minimum atomic E-state index is -2.85. The number of alkyl halides is 2. The molecule has 1 N–H and O–H groups in total. The van der Waals surface area contributed by atoms with Crippen molar-refractivity contribution < 1.29 is 13.5 Å². The van der Waals surface area contributed by atoms with Crippen molar-refractivity contribution in [2.24, 2.45) is 0 Å². The fourth-order valence-corrected chi connectivity index (χ4v) is 1.92. The monoisotopic (exact) mass is 288 g/mol. The lowest BCUT2D eigenvalue weighted by Gasteiger charge is -2.15. The van der Waals surface area contributed by atoms with Crippen LogP contribution < -0.4 is 10.1 Å². The summed E-state index contributed by atoms with van der Waals surface area (Å²) < 4.78 is 28.5. The average molecular weight is 288 g/mol. The maximum Gasteiger partial charge on any atom is 0.387 e. The summed E-state index contributed by atoms with van der Waals surface area (Å²) in [6, 6.07) is 15.2. The van der Waals surface area contributed by atoms with E-state index in [0.29, 0.717) is 5.56 Å². The summed E-state index contributed by atoms with van der Waals surface area (Å²) in [7, 11) is 0. The Balaban J connectivity index is 2.15. The molecule has 0 aliphatic rings. The lowest BCUT2D eigenvalue weighted by atomic mass is 10.1. The van der Waals surface area contributed by atoms with Crippen molar-refractivity contribution in [2.45, 2.75) is 19.6 Å². The highest BCUT2D eigenvalue weighted by Gasteiger charge is 2.12. The van der Waals surface area contributed by atoms with Crippen molar-refractivity contribution in [1.29, 1.82) is 5.26 Å². The Morgan fingerprint density at radius 3 is 2.33 bits per heavy atom. The number of nitrogens with one attached hydrogen (secondary N) is 1. The molecular formula is C16H14F2N2O. The maximum atomic E-state index is 12.1. The maximum absolute atomic E-state index is 12.1. The first kappa shape index (κ1) is 14.8. The molecule has 0 saturated carbocycles. The molecule has 2 aromatic carbocycles. The van der Waals surface area contributed by atoms with Gasteiger partial charge in [-0.15, -0.1) is 0 Å². The molecule has 0 amide bonds. The molecule has 1 unspecified atom stereocenters. The number of anilines is 1. The van der Waals surface area contributed by atoms with E-state index < -0.39 is 12.7 Å². The summed E-state index contributed by atoms with van der Waals surface area (Å²) in [6.07, 6.45) is 0.